The molecule has 26 heavy (non-hydrogen) atoms. The standard InChI is InChI=1S/C18H15N3O4S/c1-20-10-19-13-9-11(7-8-14(13)20)17(22)16-18(23)12-5-3-4-6-15(12)26(24,25)21(16)2/h3-10,22H,1-2H3. The molecule has 1 aliphatic heterocycles. The number of ketones is 1. The molecule has 4 rings (SSSR count). The number of carbonyl (C=O) groups excluding carboxylic acids is 1. The Balaban J connectivity index is 1.96. The van der Waals surface area contributed by atoms with E-state index >= 15 is 0 Å². The number of imidazole rings is 1. The first-order chi connectivity index (χ1) is 12.3. The summed E-state index contributed by atoms with van der Waals surface area (Å²) in [7, 11) is -0.819. The van der Waals surface area contributed by atoms with E-state index in [4.69, 9.17) is 0 Å². The number of aryl methyl sites for hydroxylation is 1. The van der Waals surface area contributed by atoms with Gasteiger partial charge in [0.1, 0.15) is 5.70 Å². The highest BCUT2D eigenvalue weighted by atomic mass is 32.2. The Kier molecular flexibility index (Phi) is 3.42. The first-order valence-electron chi connectivity index (χ1n) is 7.79. The molecule has 2 heterocycles. The molecule has 0 saturated carbocycles. The van der Waals surface area contributed by atoms with E-state index in [1.165, 1.54) is 19.2 Å². The van der Waals surface area contributed by atoms with Gasteiger partial charge in [-0.15, -0.1) is 0 Å². The van der Waals surface area contributed by atoms with Crippen LogP contribution in [-0.4, -0.2) is 40.2 Å². The number of aromatic nitrogens is 2. The zero-order chi connectivity index (χ0) is 18.6. The van der Waals surface area contributed by atoms with Gasteiger partial charge in [-0.25, -0.2) is 13.4 Å². The highest BCUT2D eigenvalue weighted by molar-refractivity contribution is 7.89. The van der Waals surface area contributed by atoms with Crippen LogP contribution in [0.2, 0.25) is 0 Å². The molecular weight excluding hydrogens is 354 g/mol. The number of allylic oxidation sites excluding steroid dienone is 1. The zero-order valence-corrected chi connectivity index (χ0v) is 14.9. The maximum atomic E-state index is 12.9. The Hall–Kier alpha value is -3.13. The zero-order valence-electron chi connectivity index (χ0n) is 14.0. The second-order valence-electron chi connectivity index (χ2n) is 6.05. The molecule has 8 heteroatoms. The summed E-state index contributed by atoms with van der Waals surface area (Å²) < 4.78 is 28.1. The molecule has 1 aliphatic rings. The van der Waals surface area contributed by atoms with Gasteiger partial charge in [-0.2, -0.15) is 0 Å². The summed E-state index contributed by atoms with van der Waals surface area (Å²) in [5.74, 6) is -0.945. The van der Waals surface area contributed by atoms with Crippen LogP contribution < -0.4 is 0 Å². The average Bonchev–Trinajstić information content (AvgIpc) is 3.01. The first kappa shape index (κ1) is 16.3. The predicted molar refractivity (Wildman–Crippen MR) is 96.0 cm³/mol. The van der Waals surface area contributed by atoms with Gasteiger partial charge in [0.2, 0.25) is 5.78 Å². The quantitative estimate of drug-likeness (QED) is 0.525. The van der Waals surface area contributed by atoms with Crippen LogP contribution in [-0.2, 0) is 17.1 Å². The second kappa shape index (κ2) is 5.43. The molecule has 0 amide bonds. The summed E-state index contributed by atoms with van der Waals surface area (Å²) in [4.78, 5) is 17.0. The Labute approximate surface area is 149 Å². The Bertz CT molecular complexity index is 1210. The van der Waals surface area contributed by atoms with Gasteiger partial charge in [0.25, 0.3) is 10.0 Å². The van der Waals surface area contributed by atoms with E-state index in [2.05, 4.69) is 4.98 Å². The third kappa shape index (κ3) is 2.15. The molecule has 7 nitrogen and oxygen atoms in total. The van der Waals surface area contributed by atoms with E-state index in [0.717, 1.165) is 9.82 Å². The number of hydrogen-bond acceptors (Lipinski definition) is 5. The van der Waals surface area contributed by atoms with Gasteiger partial charge in [-0.05, 0) is 30.3 Å². The lowest BCUT2D eigenvalue weighted by Crippen LogP contribution is -2.37. The lowest BCUT2D eigenvalue weighted by molar-refractivity contribution is 0.100. The summed E-state index contributed by atoms with van der Waals surface area (Å²) in [6, 6.07) is 11.0. The van der Waals surface area contributed by atoms with E-state index < -0.39 is 21.6 Å². The SMILES string of the molecule is CN1C(=C(O)c2ccc3c(c2)ncn3C)C(=O)c2ccccc2S1(=O)=O. The van der Waals surface area contributed by atoms with Crippen molar-refractivity contribution < 1.29 is 18.3 Å². The van der Waals surface area contributed by atoms with Crippen molar-refractivity contribution in [1.29, 1.82) is 0 Å². The Morgan fingerprint density at radius 3 is 2.62 bits per heavy atom. The number of sulfonamides is 1. The summed E-state index contributed by atoms with van der Waals surface area (Å²) in [5.41, 5.74) is 1.57. The summed E-state index contributed by atoms with van der Waals surface area (Å²) in [6.07, 6.45) is 1.64. The van der Waals surface area contributed by atoms with Gasteiger partial charge in [-0.3, -0.25) is 9.10 Å². The van der Waals surface area contributed by atoms with Crippen molar-refractivity contribution >= 4 is 32.6 Å². The summed E-state index contributed by atoms with van der Waals surface area (Å²) in [6.45, 7) is 0. The molecule has 1 N–H and O–H groups in total. The molecule has 0 atom stereocenters. The van der Waals surface area contributed by atoms with Crippen molar-refractivity contribution in [2.75, 3.05) is 7.05 Å². The van der Waals surface area contributed by atoms with E-state index in [-0.39, 0.29) is 16.2 Å². The smallest absolute Gasteiger partial charge is 0.265 e. The molecule has 1 aromatic heterocycles. The van der Waals surface area contributed by atoms with E-state index in [1.807, 2.05) is 11.6 Å². The van der Waals surface area contributed by atoms with Crippen LogP contribution in [0, 0.1) is 0 Å². The van der Waals surface area contributed by atoms with E-state index in [0.29, 0.717) is 11.1 Å². The number of rotatable bonds is 1. The van der Waals surface area contributed by atoms with Gasteiger partial charge < -0.3 is 9.67 Å². The van der Waals surface area contributed by atoms with Crippen LogP contribution in [0.25, 0.3) is 16.8 Å². The summed E-state index contributed by atoms with van der Waals surface area (Å²) >= 11 is 0. The average molecular weight is 369 g/mol. The number of aliphatic hydroxyl groups excluding tert-OH is 1. The van der Waals surface area contributed by atoms with Crippen LogP contribution >= 0.6 is 0 Å². The monoisotopic (exact) mass is 369 g/mol. The van der Waals surface area contributed by atoms with E-state index in [1.54, 1.807) is 36.7 Å². The van der Waals surface area contributed by atoms with Crippen LogP contribution in [0.4, 0.5) is 0 Å². The number of nitrogens with zero attached hydrogens (tertiary/aromatic N) is 3. The van der Waals surface area contributed by atoms with Crippen LogP contribution in [0.3, 0.4) is 0 Å². The number of benzene rings is 2. The molecule has 2 aromatic carbocycles. The maximum Gasteiger partial charge on any atom is 0.265 e. The molecule has 0 radical (unpaired) electrons. The molecule has 0 fully saturated rings. The highest BCUT2D eigenvalue weighted by Crippen LogP contribution is 2.34. The molecule has 0 unspecified atom stereocenters. The fourth-order valence-corrected chi connectivity index (χ4v) is 4.49. The van der Waals surface area contributed by atoms with Crippen molar-refractivity contribution in [3.05, 3.63) is 65.6 Å². The highest BCUT2D eigenvalue weighted by Gasteiger charge is 2.39. The topological polar surface area (TPSA) is 92.5 Å². The van der Waals surface area contributed by atoms with Crippen LogP contribution in [0.15, 0.2) is 59.4 Å². The molecule has 0 saturated heterocycles. The minimum atomic E-state index is -3.92. The number of fused-ring (bicyclic) bond motifs is 2. The van der Waals surface area contributed by atoms with Crippen molar-refractivity contribution in [2.24, 2.45) is 7.05 Å². The largest absolute Gasteiger partial charge is 0.505 e. The van der Waals surface area contributed by atoms with Crippen LogP contribution in [0.5, 0.6) is 0 Å². The van der Waals surface area contributed by atoms with Gasteiger partial charge in [0.05, 0.1) is 22.3 Å². The lowest BCUT2D eigenvalue weighted by atomic mass is 10.0. The molecule has 3 aromatic rings. The lowest BCUT2D eigenvalue weighted by Gasteiger charge is -2.28. The molecule has 132 valence electrons. The van der Waals surface area contributed by atoms with Gasteiger partial charge >= 0.3 is 0 Å². The third-order valence-electron chi connectivity index (χ3n) is 4.52. The number of carbonyl (C=O) groups is 1. The molecule has 0 aliphatic carbocycles. The Morgan fingerprint density at radius 2 is 1.85 bits per heavy atom. The van der Waals surface area contributed by atoms with Crippen molar-refractivity contribution in [1.82, 2.24) is 13.9 Å². The fraction of sp³-hybridized carbons (Fsp3) is 0.111. The second-order valence-corrected chi connectivity index (χ2v) is 7.99. The number of hydrogen-bond donors (Lipinski definition) is 1. The maximum absolute atomic E-state index is 12.9. The molecule has 0 spiro atoms. The fourth-order valence-electron chi connectivity index (χ4n) is 3.09. The minimum absolute atomic E-state index is 0.0473. The first-order valence-corrected chi connectivity index (χ1v) is 9.23. The molecule has 0 bridgehead atoms. The van der Waals surface area contributed by atoms with Crippen LogP contribution in [0.1, 0.15) is 15.9 Å². The molecular formula is C18H15N3O4S. The Morgan fingerprint density at radius 1 is 1.12 bits per heavy atom. The van der Waals surface area contributed by atoms with Crippen molar-refractivity contribution in [2.45, 2.75) is 4.90 Å². The van der Waals surface area contributed by atoms with Gasteiger partial charge in [0.15, 0.2) is 5.76 Å². The van der Waals surface area contributed by atoms with E-state index in [9.17, 15) is 18.3 Å². The van der Waals surface area contributed by atoms with Gasteiger partial charge in [0, 0.05) is 25.2 Å². The minimum Gasteiger partial charge on any atom is -0.505 e. The van der Waals surface area contributed by atoms with Crippen molar-refractivity contribution in [3.63, 3.8) is 0 Å². The number of likely N-dealkylation sites (N-methyl/N-ethyl adjacent to an activating group) is 1. The number of Topliss-reactive ketones (excluding diaryl/α,β-unsaturated/α-hetero) is 1. The van der Waals surface area contributed by atoms with Crippen molar-refractivity contribution in [3.8, 4) is 0 Å². The normalized spacial score (nSPS) is 18.1. The predicted octanol–water partition coefficient (Wildman–Crippen LogP) is 2.32. The number of aliphatic hydroxyl groups is 1. The third-order valence-corrected chi connectivity index (χ3v) is 6.34. The van der Waals surface area contributed by atoms with Gasteiger partial charge in [-0.1, -0.05) is 12.1 Å². The summed E-state index contributed by atoms with van der Waals surface area (Å²) in [5, 5.41) is 10.7.